The first kappa shape index (κ1) is 18.9. The Hall–Kier alpha value is -1.84. The van der Waals surface area contributed by atoms with E-state index in [1.54, 1.807) is 0 Å². The highest BCUT2D eigenvalue weighted by molar-refractivity contribution is 5.98. The zero-order chi connectivity index (χ0) is 18.8. The second kappa shape index (κ2) is 7.81. The molecule has 4 atom stereocenters. The van der Waals surface area contributed by atoms with Crippen molar-refractivity contribution >= 4 is 11.8 Å². The number of likely N-dealkylation sites (tertiary alicyclic amines) is 2. The molecule has 1 aromatic carbocycles. The molecule has 2 aliphatic heterocycles. The van der Waals surface area contributed by atoms with Crippen LogP contribution in [0.5, 0.6) is 0 Å². The van der Waals surface area contributed by atoms with E-state index in [4.69, 9.17) is 0 Å². The maximum atomic E-state index is 12.8. The van der Waals surface area contributed by atoms with Crippen LogP contribution in [0, 0.1) is 23.7 Å². The summed E-state index contributed by atoms with van der Waals surface area (Å²) in [5, 5.41) is 0. The van der Waals surface area contributed by atoms with E-state index >= 15 is 0 Å². The van der Waals surface area contributed by atoms with E-state index in [1.165, 1.54) is 12.8 Å². The predicted molar refractivity (Wildman–Crippen MR) is 104 cm³/mol. The Bertz CT molecular complexity index is 578. The molecule has 0 N–H and O–H groups in total. The van der Waals surface area contributed by atoms with E-state index in [1.807, 2.05) is 34.1 Å². The summed E-state index contributed by atoms with van der Waals surface area (Å²) in [6.07, 6.45) is 2.37. The van der Waals surface area contributed by atoms with Gasteiger partial charge in [-0.25, -0.2) is 0 Å². The first-order valence-electron chi connectivity index (χ1n) is 10.0. The SMILES string of the molecule is C[C@@H]1C[C@@H](C)CN(C(=O)c2ccc(C(=O)N3C[C@H](C)C[C@@H](C)C3)cc2)C1. The number of hydrogen-bond donors (Lipinski definition) is 0. The summed E-state index contributed by atoms with van der Waals surface area (Å²) >= 11 is 0. The largest absolute Gasteiger partial charge is 0.338 e. The van der Waals surface area contributed by atoms with E-state index in [9.17, 15) is 9.59 Å². The van der Waals surface area contributed by atoms with E-state index in [-0.39, 0.29) is 11.8 Å². The van der Waals surface area contributed by atoms with E-state index in [0.717, 1.165) is 26.2 Å². The van der Waals surface area contributed by atoms with Crippen molar-refractivity contribution in [3.05, 3.63) is 35.4 Å². The summed E-state index contributed by atoms with van der Waals surface area (Å²) < 4.78 is 0. The van der Waals surface area contributed by atoms with Gasteiger partial charge in [-0.15, -0.1) is 0 Å². The van der Waals surface area contributed by atoms with Gasteiger partial charge in [0.2, 0.25) is 0 Å². The van der Waals surface area contributed by atoms with Gasteiger partial charge in [-0.3, -0.25) is 9.59 Å². The fourth-order valence-corrected chi connectivity index (χ4v) is 4.78. The predicted octanol–water partition coefficient (Wildman–Crippen LogP) is 3.92. The molecule has 2 heterocycles. The van der Waals surface area contributed by atoms with Crippen molar-refractivity contribution < 1.29 is 9.59 Å². The van der Waals surface area contributed by atoms with Gasteiger partial charge in [-0.1, -0.05) is 27.7 Å². The molecule has 1 aromatic rings. The molecule has 142 valence electrons. The van der Waals surface area contributed by atoms with Crippen molar-refractivity contribution in [3.63, 3.8) is 0 Å². The molecule has 4 heteroatoms. The van der Waals surface area contributed by atoms with Crippen LogP contribution < -0.4 is 0 Å². The number of nitrogens with zero attached hydrogens (tertiary/aromatic N) is 2. The number of piperidine rings is 2. The van der Waals surface area contributed by atoms with Crippen LogP contribution in [-0.4, -0.2) is 47.8 Å². The molecule has 2 aliphatic rings. The lowest BCUT2D eigenvalue weighted by Gasteiger charge is -2.35. The minimum Gasteiger partial charge on any atom is -0.338 e. The topological polar surface area (TPSA) is 40.6 Å². The molecule has 26 heavy (non-hydrogen) atoms. The van der Waals surface area contributed by atoms with Crippen molar-refractivity contribution in [2.24, 2.45) is 23.7 Å². The van der Waals surface area contributed by atoms with Crippen molar-refractivity contribution in [1.82, 2.24) is 9.80 Å². The van der Waals surface area contributed by atoms with Crippen molar-refractivity contribution in [2.75, 3.05) is 26.2 Å². The fraction of sp³-hybridized carbons (Fsp3) is 0.636. The highest BCUT2D eigenvalue weighted by Crippen LogP contribution is 2.24. The van der Waals surface area contributed by atoms with E-state index < -0.39 is 0 Å². The zero-order valence-corrected chi connectivity index (χ0v) is 16.6. The third-order valence-corrected chi connectivity index (χ3v) is 5.69. The molecule has 4 nitrogen and oxygen atoms in total. The Kier molecular flexibility index (Phi) is 5.69. The lowest BCUT2D eigenvalue weighted by atomic mass is 9.91. The summed E-state index contributed by atoms with van der Waals surface area (Å²) in [6.45, 7) is 12.1. The Morgan fingerprint density at radius 2 is 0.923 bits per heavy atom. The van der Waals surface area contributed by atoms with Gasteiger partial charge in [-0.2, -0.15) is 0 Å². The van der Waals surface area contributed by atoms with Crippen LogP contribution in [0.25, 0.3) is 0 Å². The maximum absolute atomic E-state index is 12.8. The van der Waals surface area contributed by atoms with Crippen LogP contribution in [0.2, 0.25) is 0 Å². The van der Waals surface area contributed by atoms with E-state index in [2.05, 4.69) is 27.7 Å². The number of carbonyl (C=O) groups is 2. The molecule has 2 amide bonds. The fourth-order valence-electron chi connectivity index (χ4n) is 4.78. The summed E-state index contributed by atoms with van der Waals surface area (Å²) in [6, 6.07) is 7.26. The molecular weight excluding hydrogens is 324 g/mol. The van der Waals surface area contributed by atoms with Crippen molar-refractivity contribution in [1.29, 1.82) is 0 Å². The standard InChI is InChI=1S/C22H32N2O2/c1-15-9-16(2)12-23(11-15)21(25)19-5-7-20(8-6-19)22(26)24-13-17(3)10-18(4)14-24/h5-8,15-18H,9-14H2,1-4H3/t15-,16-,17-,18-/m1/s1. The quantitative estimate of drug-likeness (QED) is 0.806. The minimum atomic E-state index is 0.0858. The molecule has 0 aromatic heterocycles. The van der Waals surface area contributed by atoms with Crippen LogP contribution in [-0.2, 0) is 0 Å². The highest BCUT2D eigenvalue weighted by Gasteiger charge is 2.28. The minimum absolute atomic E-state index is 0.0858. The summed E-state index contributed by atoms with van der Waals surface area (Å²) in [5.41, 5.74) is 1.37. The van der Waals surface area contributed by atoms with Crippen molar-refractivity contribution in [2.45, 2.75) is 40.5 Å². The molecule has 3 rings (SSSR count). The van der Waals surface area contributed by atoms with Crippen molar-refractivity contribution in [3.8, 4) is 0 Å². The summed E-state index contributed by atoms with van der Waals surface area (Å²) in [4.78, 5) is 29.5. The Labute approximate surface area is 157 Å². The second-order valence-electron chi connectivity index (χ2n) is 8.89. The lowest BCUT2D eigenvalue weighted by Crippen LogP contribution is -2.43. The number of benzene rings is 1. The normalized spacial score (nSPS) is 29.5. The molecule has 0 spiro atoms. The maximum Gasteiger partial charge on any atom is 0.253 e. The van der Waals surface area contributed by atoms with Crippen LogP contribution in [0.1, 0.15) is 61.3 Å². The molecule has 0 aliphatic carbocycles. The van der Waals surface area contributed by atoms with Gasteiger partial charge >= 0.3 is 0 Å². The second-order valence-corrected chi connectivity index (χ2v) is 8.89. The van der Waals surface area contributed by atoms with Crippen LogP contribution in [0.15, 0.2) is 24.3 Å². The number of hydrogen-bond acceptors (Lipinski definition) is 2. The van der Waals surface area contributed by atoms with Crippen LogP contribution in [0.4, 0.5) is 0 Å². The first-order chi connectivity index (χ1) is 12.3. The van der Waals surface area contributed by atoms with Gasteiger partial charge in [0.25, 0.3) is 11.8 Å². The molecule has 0 bridgehead atoms. The molecular formula is C22H32N2O2. The Morgan fingerprint density at radius 3 is 1.19 bits per heavy atom. The average molecular weight is 357 g/mol. The third-order valence-electron chi connectivity index (χ3n) is 5.69. The first-order valence-corrected chi connectivity index (χ1v) is 10.0. The summed E-state index contributed by atoms with van der Waals surface area (Å²) in [5.74, 6) is 2.36. The average Bonchev–Trinajstić information content (AvgIpc) is 2.59. The van der Waals surface area contributed by atoms with Gasteiger partial charge < -0.3 is 9.80 Å². The van der Waals surface area contributed by atoms with Crippen LogP contribution in [0.3, 0.4) is 0 Å². The van der Waals surface area contributed by atoms with Crippen LogP contribution >= 0.6 is 0 Å². The molecule has 0 unspecified atom stereocenters. The van der Waals surface area contributed by atoms with Gasteiger partial charge in [0.05, 0.1) is 0 Å². The molecule has 0 saturated carbocycles. The van der Waals surface area contributed by atoms with Gasteiger partial charge in [0.15, 0.2) is 0 Å². The van der Waals surface area contributed by atoms with E-state index in [0.29, 0.717) is 34.8 Å². The van der Waals surface area contributed by atoms with Gasteiger partial charge in [0.1, 0.15) is 0 Å². The smallest absolute Gasteiger partial charge is 0.253 e. The monoisotopic (exact) mass is 356 g/mol. The molecule has 2 saturated heterocycles. The third kappa shape index (κ3) is 4.28. The Morgan fingerprint density at radius 1 is 0.654 bits per heavy atom. The number of amides is 2. The lowest BCUT2D eigenvalue weighted by molar-refractivity contribution is 0.0613. The van der Waals surface area contributed by atoms with Gasteiger partial charge in [0, 0.05) is 37.3 Å². The Balaban J connectivity index is 1.68. The number of carbonyl (C=O) groups excluding carboxylic acids is 2. The van der Waals surface area contributed by atoms with Gasteiger partial charge in [-0.05, 0) is 60.8 Å². The molecule has 0 radical (unpaired) electrons. The highest BCUT2D eigenvalue weighted by atomic mass is 16.2. The zero-order valence-electron chi connectivity index (χ0n) is 16.6. The molecule has 2 fully saturated rings. The summed E-state index contributed by atoms with van der Waals surface area (Å²) in [7, 11) is 0. The number of rotatable bonds is 2.